The minimum absolute atomic E-state index is 0.482. The molecular weight excluding hydrogens is 289 g/mol. The van der Waals surface area contributed by atoms with Crippen molar-refractivity contribution in [2.75, 3.05) is 0 Å². The van der Waals surface area contributed by atoms with Crippen LogP contribution in [0.1, 0.15) is 29.2 Å². The summed E-state index contributed by atoms with van der Waals surface area (Å²) in [6.45, 7) is 6.19. The lowest BCUT2D eigenvalue weighted by molar-refractivity contribution is 0.488. The van der Waals surface area contributed by atoms with Gasteiger partial charge in [0.25, 0.3) is 0 Å². The topological polar surface area (TPSA) is 26.0 Å². The summed E-state index contributed by atoms with van der Waals surface area (Å²) in [5.41, 5.74) is 10.6. The van der Waals surface area contributed by atoms with Gasteiger partial charge in [0.15, 0.2) is 0 Å². The van der Waals surface area contributed by atoms with Crippen molar-refractivity contribution in [2.24, 2.45) is 5.73 Å². The fourth-order valence-corrected chi connectivity index (χ4v) is 2.90. The molecule has 0 aliphatic heterocycles. The molecule has 2 rings (SSSR count). The summed E-state index contributed by atoms with van der Waals surface area (Å²) in [5, 5.41) is 1.39. The van der Waals surface area contributed by atoms with Crippen LogP contribution in [0.5, 0.6) is 0 Å². The van der Waals surface area contributed by atoms with Crippen LogP contribution in [0, 0.1) is 13.8 Å². The summed E-state index contributed by atoms with van der Waals surface area (Å²) in [7, 11) is 0. The van der Waals surface area contributed by atoms with Crippen LogP contribution in [-0.2, 0) is 12.0 Å². The third-order valence-corrected chi connectivity index (χ3v) is 4.18. The van der Waals surface area contributed by atoms with E-state index in [4.69, 9.17) is 28.9 Å². The molecule has 0 spiro atoms. The number of benzene rings is 2. The lowest BCUT2D eigenvalue weighted by Crippen LogP contribution is -2.36. The molecule has 2 N–H and O–H groups in total. The second kappa shape index (κ2) is 5.77. The largest absolute Gasteiger partial charge is 0.321 e. The molecule has 1 atom stereocenters. The van der Waals surface area contributed by atoms with Crippen molar-refractivity contribution in [2.45, 2.75) is 32.7 Å². The van der Waals surface area contributed by atoms with Crippen LogP contribution >= 0.6 is 23.2 Å². The van der Waals surface area contributed by atoms with Crippen molar-refractivity contribution >= 4 is 23.2 Å². The minimum Gasteiger partial charge on any atom is -0.321 e. The highest BCUT2D eigenvalue weighted by atomic mass is 35.5. The Bertz CT molecular complexity index is 633. The third kappa shape index (κ3) is 3.35. The maximum Gasteiger partial charge on any atom is 0.0439 e. The summed E-state index contributed by atoms with van der Waals surface area (Å²) in [5.74, 6) is 0. The maximum absolute atomic E-state index is 6.56. The predicted molar refractivity (Wildman–Crippen MR) is 87.6 cm³/mol. The molecule has 0 heterocycles. The van der Waals surface area contributed by atoms with Crippen LogP contribution in [0.4, 0.5) is 0 Å². The molecule has 0 saturated heterocycles. The van der Waals surface area contributed by atoms with Gasteiger partial charge in [0, 0.05) is 15.6 Å². The zero-order chi connectivity index (χ0) is 14.9. The van der Waals surface area contributed by atoms with E-state index in [2.05, 4.69) is 32.0 Å². The van der Waals surface area contributed by atoms with Gasteiger partial charge in [0.2, 0.25) is 0 Å². The van der Waals surface area contributed by atoms with Gasteiger partial charge in [-0.1, -0.05) is 47.0 Å². The smallest absolute Gasteiger partial charge is 0.0439 e. The Morgan fingerprint density at radius 2 is 1.75 bits per heavy atom. The highest BCUT2D eigenvalue weighted by Crippen LogP contribution is 2.30. The SMILES string of the molecule is Cc1ccc(C)c(C(C)(N)Cc2cc(Cl)ccc2Cl)c1. The molecule has 1 unspecified atom stereocenters. The Balaban J connectivity index is 2.40. The molecule has 0 bridgehead atoms. The van der Waals surface area contributed by atoms with E-state index in [9.17, 15) is 0 Å². The van der Waals surface area contributed by atoms with Crippen molar-refractivity contribution in [1.29, 1.82) is 0 Å². The fourth-order valence-electron chi connectivity index (χ4n) is 2.52. The number of aryl methyl sites for hydroxylation is 2. The van der Waals surface area contributed by atoms with Crippen LogP contribution < -0.4 is 5.73 Å². The molecular formula is C17H19Cl2N. The van der Waals surface area contributed by atoms with Crippen molar-refractivity contribution in [3.63, 3.8) is 0 Å². The summed E-state index contributed by atoms with van der Waals surface area (Å²) >= 11 is 12.3. The van der Waals surface area contributed by atoms with Crippen molar-refractivity contribution in [3.05, 3.63) is 68.7 Å². The van der Waals surface area contributed by atoms with E-state index in [1.807, 2.05) is 19.1 Å². The maximum atomic E-state index is 6.56. The van der Waals surface area contributed by atoms with Crippen molar-refractivity contribution in [3.8, 4) is 0 Å². The molecule has 0 saturated carbocycles. The minimum atomic E-state index is -0.482. The van der Waals surface area contributed by atoms with E-state index in [0.717, 1.165) is 11.1 Å². The lowest BCUT2D eigenvalue weighted by atomic mass is 9.83. The average molecular weight is 308 g/mol. The first-order valence-corrected chi connectivity index (χ1v) is 7.36. The summed E-state index contributed by atoms with van der Waals surface area (Å²) in [6, 6.07) is 11.8. The fraction of sp³-hybridized carbons (Fsp3) is 0.294. The van der Waals surface area contributed by atoms with Gasteiger partial charge in [-0.25, -0.2) is 0 Å². The molecule has 0 aliphatic rings. The normalized spacial score (nSPS) is 14.1. The standard InChI is InChI=1S/C17H19Cl2N/c1-11-4-5-12(2)15(8-11)17(3,20)10-13-9-14(18)6-7-16(13)19/h4-9H,10,20H2,1-3H3. The van der Waals surface area contributed by atoms with E-state index >= 15 is 0 Å². The molecule has 3 heteroatoms. The summed E-state index contributed by atoms with van der Waals surface area (Å²) in [4.78, 5) is 0. The first-order chi connectivity index (χ1) is 9.29. The number of nitrogens with two attached hydrogens (primary N) is 1. The van der Waals surface area contributed by atoms with Crippen LogP contribution in [0.3, 0.4) is 0 Å². The molecule has 0 fully saturated rings. The van der Waals surface area contributed by atoms with E-state index in [1.54, 1.807) is 6.07 Å². The van der Waals surface area contributed by atoms with Crippen LogP contribution in [0.25, 0.3) is 0 Å². The number of rotatable bonds is 3. The van der Waals surface area contributed by atoms with Gasteiger partial charge in [-0.15, -0.1) is 0 Å². The molecule has 0 aliphatic carbocycles. The highest BCUT2D eigenvalue weighted by molar-refractivity contribution is 6.33. The highest BCUT2D eigenvalue weighted by Gasteiger charge is 2.24. The summed E-state index contributed by atoms with van der Waals surface area (Å²) < 4.78 is 0. The van der Waals surface area contributed by atoms with Gasteiger partial charge in [0.1, 0.15) is 0 Å². The van der Waals surface area contributed by atoms with Crippen LogP contribution in [0.15, 0.2) is 36.4 Å². The second-order valence-corrected chi connectivity index (χ2v) is 6.49. The van der Waals surface area contributed by atoms with Gasteiger partial charge in [-0.05, 0) is 62.1 Å². The Morgan fingerprint density at radius 3 is 2.45 bits per heavy atom. The molecule has 0 aromatic heterocycles. The third-order valence-electron chi connectivity index (χ3n) is 3.57. The second-order valence-electron chi connectivity index (χ2n) is 5.65. The van der Waals surface area contributed by atoms with E-state index in [-0.39, 0.29) is 0 Å². The first kappa shape index (κ1) is 15.4. The van der Waals surface area contributed by atoms with Crippen LogP contribution in [0.2, 0.25) is 10.0 Å². The lowest BCUT2D eigenvalue weighted by Gasteiger charge is -2.28. The molecule has 20 heavy (non-hydrogen) atoms. The Hall–Kier alpha value is -1.02. The Kier molecular flexibility index (Phi) is 4.43. The number of halogens is 2. The molecule has 2 aromatic carbocycles. The quantitative estimate of drug-likeness (QED) is 0.846. The van der Waals surface area contributed by atoms with E-state index in [0.29, 0.717) is 16.5 Å². The zero-order valence-electron chi connectivity index (χ0n) is 12.0. The number of hydrogen-bond donors (Lipinski definition) is 1. The van der Waals surface area contributed by atoms with Gasteiger partial charge >= 0.3 is 0 Å². The van der Waals surface area contributed by atoms with E-state index in [1.165, 1.54) is 11.1 Å². The Labute approximate surface area is 130 Å². The molecule has 0 amide bonds. The Morgan fingerprint density at radius 1 is 1.05 bits per heavy atom. The molecule has 2 aromatic rings. The van der Waals surface area contributed by atoms with Crippen molar-refractivity contribution in [1.82, 2.24) is 0 Å². The van der Waals surface area contributed by atoms with Gasteiger partial charge in [-0.2, -0.15) is 0 Å². The zero-order valence-corrected chi connectivity index (χ0v) is 13.5. The predicted octanol–water partition coefficient (Wildman–Crippen LogP) is 5.03. The molecule has 1 nitrogen and oxygen atoms in total. The van der Waals surface area contributed by atoms with Gasteiger partial charge in [-0.3, -0.25) is 0 Å². The molecule has 0 radical (unpaired) electrons. The average Bonchev–Trinajstić information content (AvgIpc) is 2.36. The van der Waals surface area contributed by atoms with E-state index < -0.39 is 5.54 Å². The molecule has 106 valence electrons. The monoisotopic (exact) mass is 307 g/mol. The van der Waals surface area contributed by atoms with Crippen molar-refractivity contribution < 1.29 is 0 Å². The summed E-state index contributed by atoms with van der Waals surface area (Å²) in [6.07, 6.45) is 0.649. The van der Waals surface area contributed by atoms with Gasteiger partial charge < -0.3 is 5.73 Å². The first-order valence-electron chi connectivity index (χ1n) is 6.60. The van der Waals surface area contributed by atoms with Crippen LogP contribution in [-0.4, -0.2) is 0 Å². The van der Waals surface area contributed by atoms with Gasteiger partial charge in [0.05, 0.1) is 0 Å². The number of hydrogen-bond acceptors (Lipinski definition) is 1.